The highest BCUT2D eigenvalue weighted by atomic mass is 16.6. The van der Waals surface area contributed by atoms with Gasteiger partial charge in [-0.05, 0) is 48.6 Å². The maximum Gasteiger partial charge on any atom is 0.292 e. The maximum absolute atomic E-state index is 12.9. The predicted molar refractivity (Wildman–Crippen MR) is 129 cm³/mol. The highest BCUT2D eigenvalue weighted by Crippen LogP contribution is 2.31. The highest BCUT2D eigenvalue weighted by Gasteiger charge is 2.24. The summed E-state index contributed by atoms with van der Waals surface area (Å²) in [6.07, 6.45) is 2.09. The lowest BCUT2D eigenvalue weighted by molar-refractivity contribution is -0.383. The molecule has 1 N–H and O–H groups in total. The Morgan fingerprint density at radius 1 is 1.15 bits per heavy atom. The lowest BCUT2D eigenvalue weighted by Gasteiger charge is -2.36. The van der Waals surface area contributed by atoms with Crippen molar-refractivity contribution in [1.82, 2.24) is 4.90 Å². The molecule has 2 aliphatic heterocycles. The molecule has 2 saturated heterocycles. The summed E-state index contributed by atoms with van der Waals surface area (Å²) < 4.78 is 5.63. The van der Waals surface area contributed by atoms with Crippen molar-refractivity contribution >= 4 is 23.0 Å². The summed E-state index contributed by atoms with van der Waals surface area (Å²) in [6, 6.07) is 13.1. The quantitative estimate of drug-likeness (QED) is 0.499. The van der Waals surface area contributed by atoms with Gasteiger partial charge in [0.05, 0.1) is 11.0 Å². The monoisotopic (exact) mass is 452 g/mol. The van der Waals surface area contributed by atoms with Crippen LogP contribution in [-0.2, 0) is 4.74 Å². The molecule has 1 unspecified atom stereocenters. The Hall–Kier alpha value is -3.13. The summed E-state index contributed by atoms with van der Waals surface area (Å²) in [5.74, 6) is 0.483. The Morgan fingerprint density at radius 3 is 2.48 bits per heavy atom. The van der Waals surface area contributed by atoms with Gasteiger partial charge in [-0.25, -0.2) is 0 Å². The smallest absolute Gasteiger partial charge is 0.292 e. The fourth-order valence-corrected chi connectivity index (χ4v) is 4.41. The number of hydrogen-bond acceptors (Lipinski definition) is 6. The molecule has 0 aromatic heterocycles. The number of rotatable bonds is 7. The number of carbonyl (C=O) groups excluding carboxylic acids is 1. The zero-order valence-corrected chi connectivity index (χ0v) is 19.3. The largest absolute Gasteiger partial charge is 0.377 e. The van der Waals surface area contributed by atoms with Crippen molar-refractivity contribution in [3.05, 3.63) is 63.7 Å². The Kier molecular flexibility index (Phi) is 7.13. The summed E-state index contributed by atoms with van der Waals surface area (Å²) in [5, 5.41) is 14.7. The molecule has 2 aliphatic rings. The van der Waals surface area contributed by atoms with E-state index < -0.39 is 0 Å². The Labute approximate surface area is 194 Å². The van der Waals surface area contributed by atoms with Crippen molar-refractivity contribution < 1.29 is 14.5 Å². The van der Waals surface area contributed by atoms with Crippen LogP contribution >= 0.6 is 0 Å². The SMILES string of the molecule is CC(C)c1ccc(C(=O)N2CCN(c3ccc([N+](=O)[O-])c(NCC4CCCO4)c3)CC2)cc1. The molecular formula is C25H32N4O4. The van der Waals surface area contributed by atoms with Crippen molar-refractivity contribution in [3.8, 4) is 0 Å². The van der Waals surface area contributed by atoms with Crippen molar-refractivity contribution in [2.75, 3.05) is 49.5 Å². The number of nitrogens with one attached hydrogen (secondary N) is 1. The Morgan fingerprint density at radius 2 is 1.88 bits per heavy atom. The number of hydrogen-bond donors (Lipinski definition) is 1. The fourth-order valence-electron chi connectivity index (χ4n) is 4.41. The minimum atomic E-state index is -0.358. The van der Waals surface area contributed by atoms with Gasteiger partial charge < -0.3 is 19.9 Å². The fraction of sp³-hybridized carbons (Fsp3) is 0.480. The molecule has 0 bridgehead atoms. The molecule has 2 aromatic carbocycles. The number of ether oxygens (including phenoxy) is 1. The van der Waals surface area contributed by atoms with Gasteiger partial charge in [0.1, 0.15) is 5.69 Å². The average molecular weight is 453 g/mol. The third-order valence-corrected chi connectivity index (χ3v) is 6.48. The summed E-state index contributed by atoms with van der Waals surface area (Å²) in [4.78, 5) is 28.1. The van der Waals surface area contributed by atoms with E-state index in [1.165, 1.54) is 5.56 Å². The lowest BCUT2D eigenvalue weighted by atomic mass is 10.0. The van der Waals surface area contributed by atoms with Crippen LogP contribution in [-0.4, -0.2) is 61.2 Å². The number of amides is 1. The first-order valence-electron chi connectivity index (χ1n) is 11.7. The molecular weight excluding hydrogens is 420 g/mol. The Bertz CT molecular complexity index is 978. The highest BCUT2D eigenvalue weighted by molar-refractivity contribution is 5.94. The lowest BCUT2D eigenvalue weighted by Crippen LogP contribution is -2.48. The molecule has 2 heterocycles. The van der Waals surface area contributed by atoms with E-state index in [0.717, 1.165) is 25.1 Å². The molecule has 0 spiro atoms. The topological polar surface area (TPSA) is 88.0 Å². The average Bonchev–Trinajstić information content (AvgIpc) is 3.36. The molecule has 8 nitrogen and oxygen atoms in total. The van der Waals surface area contributed by atoms with Crippen LogP contribution in [0.2, 0.25) is 0 Å². The maximum atomic E-state index is 12.9. The van der Waals surface area contributed by atoms with Crippen molar-refractivity contribution in [2.45, 2.75) is 38.7 Å². The van der Waals surface area contributed by atoms with Crippen molar-refractivity contribution in [2.24, 2.45) is 0 Å². The number of anilines is 2. The van der Waals surface area contributed by atoms with Crippen molar-refractivity contribution in [3.63, 3.8) is 0 Å². The molecule has 1 amide bonds. The molecule has 2 aromatic rings. The molecule has 33 heavy (non-hydrogen) atoms. The third-order valence-electron chi connectivity index (χ3n) is 6.48. The molecule has 0 radical (unpaired) electrons. The number of benzene rings is 2. The van der Waals surface area contributed by atoms with Crippen LogP contribution in [0, 0.1) is 10.1 Å². The van der Waals surface area contributed by atoms with Gasteiger partial charge in [0, 0.05) is 56.6 Å². The van der Waals surface area contributed by atoms with Gasteiger partial charge in [0.2, 0.25) is 0 Å². The van der Waals surface area contributed by atoms with Crippen LogP contribution in [0.5, 0.6) is 0 Å². The van der Waals surface area contributed by atoms with Gasteiger partial charge in [-0.2, -0.15) is 0 Å². The van der Waals surface area contributed by atoms with Gasteiger partial charge in [-0.1, -0.05) is 26.0 Å². The van der Waals surface area contributed by atoms with E-state index in [0.29, 0.717) is 49.9 Å². The Balaban J connectivity index is 1.39. The molecule has 1 atom stereocenters. The second-order valence-electron chi connectivity index (χ2n) is 9.03. The summed E-state index contributed by atoms with van der Waals surface area (Å²) in [6.45, 7) is 8.16. The third kappa shape index (κ3) is 5.45. The number of nitro groups is 1. The van der Waals surface area contributed by atoms with Crippen LogP contribution in [0.4, 0.5) is 17.1 Å². The van der Waals surface area contributed by atoms with E-state index >= 15 is 0 Å². The van der Waals surface area contributed by atoms with Gasteiger partial charge >= 0.3 is 0 Å². The van der Waals surface area contributed by atoms with E-state index in [1.807, 2.05) is 35.2 Å². The van der Waals surface area contributed by atoms with E-state index in [1.54, 1.807) is 12.1 Å². The molecule has 176 valence electrons. The normalized spacial score (nSPS) is 18.6. The summed E-state index contributed by atoms with van der Waals surface area (Å²) in [5.41, 5.74) is 3.43. The van der Waals surface area contributed by atoms with Crippen LogP contribution < -0.4 is 10.2 Å². The zero-order chi connectivity index (χ0) is 23.4. The zero-order valence-electron chi connectivity index (χ0n) is 19.3. The first kappa shape index (κ1) is 23.0. The summed E-state index contributed by atoms with van der Waals surface area (Å²) in [7, 11) is 0. The van der Waals surface area contributed by atoms with Crippen LogP contribution in [0.15, 0.2) is 42.5 Å². The van der Waals surface area contributed by atoms with Crippen LogP contribution in [0.3, 0.4) is 0 Å². The van der Waals surface area contributed by atoms with Gasteiger partial charge in [-0.15, -0.1) is 0 Å². The van der Waals surface area contributed by atoms with Crippen LogP contribution in [0.1, 0.15) is 48.5 Å². The molecule has 0 saturated carbocycles. The van der Waals surface area contributed by atoms with E-state index in [9.17, 15) is 14.9 Å². The molecule has 2 fully saturated rings. The minimum Gasteiger partial charge on any atom is -0.377 e. The van der Waals surface area contributed by atoms with Gasteiger partial charge in [0.15, 0.2) is 0 Å². The standard InChI is InChI=1S/C25H32N4O4/c1-18(2)19-5-7-20(8-6-19)25(30)28-13-11-27(12-14-28)21-9-10-24(29(31)32)23(16-21)26-17-22-4-3-15-33-22/h5-10,16,18,22,26H,3-4,11-15,17H2,1-2H3. The number of carbonyl (C=O) groups is 1. The van der Waals surface area contributed by atoms with E-state index in [2.05, 4.69) is 24.1 Å². The molecule has 4 rings (SSSR count). The number of piperazine rings is 1. The van der Waals surface area contributed by atoms with Crippen LogP contribution in [0.25, 0.3) is 0 Å². The molecule has 0 aliphatic carbocycles. The first-order chi connectivity index (χ1) is 15.9. The second kappa shape index (κ2) is 10.2. The van der Waals surface area contributed by atoms with Gasteiger partial charge in [0.25, 0.3) is 11.6 Å². The van der Waals surface area contributed by atoms with E-state index in [-0.39, 0.29) is 22.6 Å². The minimum absolute atomic E-state index is 0.0487. The van der Waals surface area contributed by atoms with Crippen molar-refractivity contribution in [1.29, 1.82) is 0 Å². The van der Waals surface area contributed by atoms with Gasteiger partial charge in [-0.3, -0.25) is 14.9 Å². The number of nitrogens with zero attached hydrogens (tertiary/aromatic N) is 3. The number of nitro benzene ring substituents is 1. The second-order valence-corrected chi connectivity index (χ2v) is 9.03. The first-order valence-corrected chi connectivity index (χ1v) is 11.7. The summed E-state index contributed by atoms with van der Waals surface area (Å²) >= 11 is 0. The van der Waals surface area contributed by atoms with E-state index in [4.69, 9.17) is 4.74 Å². The molecule has 8 heteroatoms. The predicted octanol–water partition coefficient (Wildman–Crippen LogP) is 4.27.